The predicted molar refractivity (Wildman–Crippen MR) is 92.8 cm³/mol. The van der Waals surface area contributed by atoms with E-state index in [-0.39, 0.29) is 24.9 Å². The second-order valence-electron chi connectivity index (χ2n) is 5.90. The molecule has 0 saturated carbocycles. The van der Waals surface area contributed by atoms with Crippen molar-refractivity contribution in [2.75, 3.05) is 26.9 Å². The van der Waals surface area contributed by atoms with Gasteiger partial charge in [-0.2, -0.15) is 0 Å². The summed E-state index contributed by atoms with van der Waals surface area (Å²) in [5.41, 5.74) is 0.855. The van der Waals surface area contributed by atoms with Gasteiger partial charge in [-0.1, -0.05) is 44.2 Å². The standard InChI is InChI=1S/C18H26N2O5/c1-13(2)17(18(23)25-12-16(22)19-9-10-24-3)20-15(21)11-14-7-5-4-6-8-14/h4-8,13,17H,9-12H2,1-3H3,(H,19,22)(H,20,21)/t17-/m0/s1. The molecule has 7 nitrogen and oxygen atoms in total. The first-order valence-electron chi connectivity index (χ1n) is 8.19. The summed E-state index contributed by atoms with van der Waals surface area (Å²) in [6.45, 7) is 3.93. The molecule has 1 aromatic carbocycles. The summed E-state index contributed by atoms with van der Waals surface area (Å²) in [7, 11) is 1.53. The van der Waals surface area contributed by atoms with Crippen molar-refractivity contribution in [1.29, 1.82) is 0 Å². The summed E-state index contributed by atoms with van der Waals surface area (Å²) in [5.74, 6) is -1.48. The number of esters is 1. The van der Waals surface area contributed by atoms with E-state index in [9.17, 15) is 14.4 Å². The van der Waals surface area contributed by atoms with Gasteiger partial charge in [-0.15, -0.1) is 0 Å². The first-order chi connectivity index (χ1) is 11.9. The third-order valence-electron chi connectivity index (χ3n) is 3.42. The third kappa shape index (κ3) is 8.30. The van der Waals surface area contributed by atoms with E-state index >= 15 is 0 Å². The highest BCUT2D eigenvalue weighted by molar-refractivity contribution is 5.87. The highest BCUT2D eigenvalue weighted by Crippen LogP contribution is 2.06. The van der Waals surface area contributed by atoms with Crippen LogP contribution in [-0.4, -0.2) is 50.7 Å². The van der Waals surface area contributed by atoms with E-state index in [1.165, 1.54) is 7.11 Å². The van der Waals surface area contributed by atoms with Crippen molar-refractivity contribution in [3.8, 4) is 0 Å². The molecule has 0 aliphatic rings. The lowest BCUT2D eigenvalue weighted by Gasteiger charge is -2.20. The van der Waals surface area contributed by atoms with Crippen molar-refractivity contribution in [3.63, 3.8) is 0 Å². The van der Waals surface area contributed by atoms with Crippen LogP contribution in [0.25, 0.3) is 0 Å². The Morgan fingerprint density at radius 2 is 1.76 bits per heavy atom. The Bertz CT molecular complexity index is 560. The zero-order valence-electron chi connectivity index (χ0n) is 14.9. The summed E-state index contributed by atoms with van der Waals surface area (Å²) in [5, 5.41) is 5.23. The lowest BCUT2D eigenvalue weighted by molar-refractivity contribution is -0.152. The molecule has 0 aliphatic carbocycles. The molecular formula is C18H26N2O5. The molecule has 1 rings (SSSR count). The second-order valence-corrected chi connectivity index (χ2v) is 5.90. The zero-order valence-corrected chi connectivity index (χ0v) is 14.9. The zero-order chi connectivity index (χ0) is 18.7. The maximum absolute atomic E-state index is 12.2. The number of benzene rings is 1. The molecule has 2 amide bonds. The molecule has 2 N–H and O–H groups in total. The van der Waals surface area contributed by atoms with Gasteiger partial charge < -0.3 is 20.1 Å². The van der Waals surface area contributed by atoms with Crippen LogP contribution in [0.5, 0.6) is 0 Å². The molecule has 0 aromatic heterocycles. The van der Waals surface area contributed by atoms with E-state index < -0.39 is 17.9 Å². The van der Waals surface area contributed by atoms with Crippen molar-refractivity contribution in [3.05, 3.63) is 35.9 Å². The fraction of sp³-hybridized carbons (Fsp3) is 0.500. The van der Waals surface area contributed by atoms with Crippen LogP contribution in [0, 0.1) is 5.92 Å². The normalized spacial score (nSPS) is 11.7. The van der Waals surface area contributed by atoms with Crippen LogP contribution >= 0.6 is 0 Å². The predicted octanol–water partition coefficient (Wildman–Crippen LogP) is 0.676. The Balaban J connectivity index is 2.47. The summed E-state index contributed by atoms with van der Waals surface area (Å²) in [4.78, 5) is 35.8. The van der Waals surface area contributed by atoms with Gasteiger partial charge in [-0.25, -0.2) is 4.79 Å². The van der Waals surface area contributed by atoms with E-state index in [4.69, 9.17) is 9.47 Å². The smallest absolute Gasteiger partial charge is 0.329 e. The van der Waals surface area contributed by atoms with E-state index in [0.717, 1.165) is 5.56 Å². The van der Waals surface area contributed by atoms with Crippen LogP contribution < -0.4 is 10.6 Å². The minimum atomic E-state index is -0.803. The molecule has 1 aromatic rings. The van der Waals surface area contributed by atoms with Gasteiger partial charge in [0.1, 0.15) is 6.04 Å². The number of hydrogen-bond acceptors (Lipinski definition) is 5. The fourth-order valence-electron chi connectivity index (χ4n) is 2.07. The summed E-state index contributed by atoms with van der Waals surface area (Å²) in [6, 6.07) is 8.44. The number of hydrogen-bond donors (Lipinski definition) is 2. The Morgan fingerprint density at radius 1 is 1.08 bits per heavy atom. The first-order valence-corrected chi connectivity index (χ1v) is 8.19. The van der Waals surface area contributed by atoms with Gasteiger partial charge in [0.25, 0.3) is 5.91 Å². The first kappa shape index (κ1) is 20.6. The maximum atomic E-state index is 12.2. The fourth-order valence-corrected chi connectivity index (χ4v) is 2.07. The van der Waals surface area contributed by atoms with E-state index in [1.54, 1.807) is 13.8 Å². The molecule has 0 unspecified atom stereocenters. The van der Waals surface area contributed by atoms with Crippen molar-refractivity contribution in [1.82, 2.24) is 10.6 Å². The highest BCUT2D eigenvalue weighted by atomic mass is 16.5. The molecule has 25 heavy (non-hydrogen) atoms. The van der Waals surface area contributed by atoms with Crippen LogP contribution in [0.2, 0.25) is 0 Å². The second kappa shape index (κ2) is 11.2. The molecule has 0 fully saturated rings. The number of carbonyl (C=O) groups excluding carboxylic acids is 3. The van der Waals surface area contributed by atoms with Crippen molar-refractivity contribution in [2.45, 2.75) is 26.3 Å². The van der Waals surface area contributed by atoms with Crippen molar-refractivity contribution < 1.29 is 23.9 Å². The molecule has 7 heteroatoms. The average Bonchev–Trinajstić information content (AvgIpc) is 2.58. The third-order valence-corrected chi connectivity index (χ3v) is 3.42. The van der Waals surface area contributed by atoms with Gasteiger partial charge in [-0.3, -0.25) is 9.59 Å². The lowest BCUT2D eigenvalue weighted by Crippen LogP contribution is -2.46. The number of amides is 2. The Labute approximate surface area is 148 Å². The molecule has 0 spiro atoms. The lowest BCUT2D eigenvalue weighted by atomic mass is 10.0. The Morgan fingerprint density at radius 3 is 2.36 bits per heavy atom. The molecule has 0 aliphatic heterocycles. The van der Waals surface area contributed by atoms with Crippen LogP contribution in [0.3, 0.4) is 0 Å². The molecular weight excluding hydrogens is 324 g/mol. The number of rotatable bonds is 10. The van der Waals surface area contributed by atoms with Crippen LogP contribution in [0.15, 0.2) is 30.3 Å². The molecule has 0 saturated heterocycles. The molecule has 0 bridgehead atoms. The number of methoxy groups -OCH3 is 1. The van der Waals surface area contributed by atoms with Gasteiger partial charge in [-0.05, 0) is 11.5 Å². The maximum Gasteiger partial charge on any atom is 0.329 e. The van der Waals surface area contributed by atoms with E-state index in [0.29, 0.717) is 13.2 Å². The highest BCUT2D eigenvalue weighted by Gasteiger charge is 2.26. The van der Waals surface area contributed by atoms with Gasteiger partial charge in [0, 0.05) is 13.7 Å². The molecule has 1 atom stereocenters. The minimum absolute atomic E-state index is 0.163. The minimum Gasteiger partial charge on any atom is -0.454 e. The number of nitrogens with one attached hydrogen (secondary N) is 2. The van der Waals surface area contributed by atoms with Gasteiger partial charge >= 0.3 is 5.97 Å². The Hall–Kier alpha value is -2.41. The SMILES string of the molecule is COCCNC(=O)COC(=O)[C@@H](NC(=O)Cc1ccccc1)C(C)C. The quantitative estimate of drug-likeness (QED) is 0.478. The number of carbonyl (C=O) groups is 3. The molecule has 0 heterocycles. The summed E-state index contributed by atoms with van der Waals surface area (Å²) >= 11 is 0. The molecule has 138 valence electrons. The van der Waals surface area contributed by atoms with Crippen LogP contribution in [-0.2, 0) is 30.3 Å². The average molecular weight is 350 g/mol. The summed E-state index contributed by atoms with van der Waals surface area (Å²) in [6.07, 6.45) is 0.175. The van der Waals surface area contributed by atoms with Gasteiger partial charge in [0.05, 0.1) is 13.0 Å². The van der Waals surface area contributed by atoms with Crippen molar-refractivity contribution >= 4 is 17.8 Å². The van der Waals surface area contributed by atoms with Gasteiger partial charge in [0.2, 0.25) is 5.91 Å². The Kier molecular flexibility index (Phi) is 9.24. The van der Waals surface area contributed by atoms with Gasteiger partial charge in [0.15, 0.2) is 6.61 Å². The number of ether oxygens (including phenoxy) is 2. The molecule has 0 radical (unpaired) electrons. The van der Waals surface area contributed by atoms with E-state index in [1.807, 2.05) is 30.3 Å². The van der Waals surface area contributed by atoms with Crippen LogP contribution in [0.4, 0.5) is 0 Å². The topological polar surface area (TPSA) is 93.7 Å². The monoisotopic (exact) mass is 350 g/mol. The largest absolute Gasteiger partial charge is 0.454 e. The van der Waals surface area contributed by atoms with Crippen LogP contribution in [0.1, 0.15) is 19.4 Å². The van der Waals surface area contributed by atoms with E-state index in [2.05, 4.69) is 10.6 Å². The summed E-state index contributed by atoms with van der Waals surface area (Å²) < 4.78 is 9.81. The van der Waals surface area contributed by atoms with Crippen molar-refractivity contribution in [2.24, 2.45) is 5.92 Å².